The molecule has 6 nitrogen and oxygen atoms in total. The zero-order chi connectivity index (χ0) is 13.8. The normalized spacial score (nSPS) is 20.2. The van der Waals surface area contributed by atoms with E-state index in [0.29, 0.717) is 13.2 Å². The number of hydrogen-bond acceptors (Lipinski definition) is 5. The SMILES string of the molecule is CN1CCO[C@H](CNc2ccc([N+](=O)[O-])cc2F)C1. The van der Waals surface area contributed by atoms with Crippen LogP contribution in [0.4, 0.5) is 15.8 Å². The number of rotatable bonds is 4. The van der Waals surface area contributed by atoms with E-state index >= 15 is 0 Å². The van der Waals surface area contributed by atoms with Gasteiger partial charge in [-0.05, 0) is 13.1 Å². The second kappa shape index (κ2) is 5.94. The molecule has 0 radical (unpaired) electrons. The molecule has 1 saturated heterocycles. The molecular formula is C12H16FN3O3. The smallest absolute Gasteiger partial charge is 0.272 e. The summed E-state index contributed by atoms with van der Waals surface area (Å²) in [5, 5.41) is 13.4. The van der Waals surface area contributed by atoms with E-state index in [1.54, 1.807) is 0 Å². The highest BCUT2D eigenvalue weighted by Crippen LogP contribution is 2.20. The number of halogens is 1. The summed E-state index contributed by atoms with van der Waals surface area (Å²) >= 11 is 0. The number of morpholine rings is 1. The molecule has 0 spiro atoms. The lowest BCUT2D eigenvalue weighted by atomic mass is 10.2. The van der Waals surface area contributed by atoms with Gasteiger partial charge in [-0.25, -0.2) is 4.39 Å². The Kier molecular flexibility index (Phi) is 4.28. The molecule has 1 fully saturated rings. The van der Waals surface area contributed by atoms with E-state index in [1.807, 2.05) is 7.05 Å². The van der Waals surface area contributed by atoms with E-state index in [4.69, 9.17) is 4.74 Å². The predicted octanol–water partition coefficient (Wildman–Crippen LogP) is 1.48. The fourth-order valence-electron chi connectivity index (χ4n) is 1.98. The van der Waals surface area contributed by atoms with Crippen LogP contribution in [0.5, 0.6) is 0 Å². The fraction of sp³-hybridized carbons (Fsp3) is 0.500. The van der Waals surface area contributed by atoms with Crippen molar-refractivity contribution in [3.05, 3.63) is 34.1 Å². The van der Waals surface area contributed by atoms with Gasteiger partial charge in [0.25, 0.3) is 5.69 Å². The van der Waals surface area contributed by atoms with Gasteiger partial charge in [-0.2, -0.15) is 0 Å². The van der Waals surface area contributed by atoms with Crippen LogP contribution in [0.2, 0.25) is 0 Å². The van der Waals surface area contributed by atoms with Crippen molar-refractivity contribution in [1.82, 2.24) is 4.90 Å². The summed E-state index contributed by atoms with van der Waals surface area (Å²) in [4.78, 5) is 12.0. The Balaban J connectivity index is 1.94. The molecule has 0 bridgehead atoms. The van der Waals surface area contributed by atoms with Crippen molar-refractivity contribution in [2.45, 2.75) is 6.10 Å². The molecule has 7 heteroatoms. The van der Waals surface area contributed by atoms with E-state index in [0.717, 1.165) is 19.2 Å². The number of nitro groups is 1. The number of nitrogens with one attached hydrogen (secondary N) is 1. The number of anilines is 1. The quantitative estimate of drug-likeness (QED) is 0.662. The van der Waals surface area contributed by atoms with Gasteiger partial charge in [0.2, 0.25) is 0 Å². The maximum Gasteiger partial charge on any atom is 0.272 e. The number of likely N-dealkylation sites (N-methyl/N-ethyl adjacent to an activating group) is 1. The molecule has 19 heavy (non-hydrogen) atoms. The van der Waals surface area contributed by atoms with Crippen molar-refractivity contribution in [3.63, 3.8) is 0 Å². The van der Waals surface area contributed by atoms with Gasteiger partial charge in [-0.3, -0.25) is 10.1 Å². The second-order valence-electron chi connectivity index (χ2n) is 4.56. The highest BCUT2D eigenvalue weighted by molar-refractivity contribution is 5.50. The maximum absolute atomic E-state index is 13.6. The lowest BCUT2D eigenvalue weighted by molar-refractivity contribution is -0.385. The molecule has 104 valence electrons. The Bertz CT molecular complexity index is 470. The largest absolute Gasteiger partial charge is 0.380 e. The Morgan fingerprint density at radius 3 is 3.05 bits per heavy atom. The van der Waals surface area contributed by atoms with Crippen LogP contribution in [-0.4, -0.2) is 49.2 Å². The summed E-state index contributed by atoms with van der Waals surface area (Å²) in [5.74, 6) is -0.627. The third-order valence-corrected chi connectivity index (χ3v) is 3.03. The number of nitro benzene ring substituents is 1. The van der Waals surface area contributed by atoms with E-state index < -0.39 is 10.7 Å². The Morgan fingerprint density at radius 2 is 2.42 bits per heavy atom. The third kappa shape index (κ3) is 3.62. The molecular weight excluding hydrogens is 253 g/mol. The van der Waals surface area contributed by atoms with Crippen molar-refractivity contribution in [1.29, 1.82) is 0 Å². The van der Waals surface area contributed by atoms with Crippen LogP contribution in [0.1, 0.15) is 0 Å². The number of non-ortho nitro benzene ring substituents is 1. The highest BCUT2D eigenvalue weighted by Gasteiger charge is 2.18. The number of ether oxygens (including phenoxy) is 1. The van der Waals surface area contributed by atoms with Gasteiger partial charge >= 0.3 is 0 Å². The first-order valence-corrected chi connectivity index (χ1v) is 6.04. The zero-order valence-corrected chi connectivity index (χ0v) is 10.6. The number of nitrogens with zero attached hydrogens (tertiary/aromatic N) is 2. The first-order valence-electron chi connectivity index (χ1n) is 6.04. The number of benzene rings is 1. The van der Waals surface area contributed by atoms with Crippen molar-refractivity contribution >= 4 is 11.4 Å². The van der Waals surface area contributed by atoms with Crippen LogP contribution in [0.25, 0.3) is 0 Å². The predicted molar refractivity (Wildman–Crippen MR) is 68.8 cm³/mol. The van der Waals surface area contributed by atoms with E-state index in [9.17, 15) is 14.5 Å². The minimum Gasteiger partial charge on any atom is -0.380 e. The molecule has 0 unspecified atom stereocenters. The topological polar surface area (TPSA) is 67.6 Å². The molecule has 1 aromatic carbocycles. The minimum absolute atomic E-state index is 0.00616. The average Bonchev–Trinajstić information content (AvgIpc) is 2.37. The monoisotopic (exact) mass is 269 g/mol. The van der Waals surface area contributed by atoms with Gasteiger partial charge in [0.05, 0.1) is 29.4 Å². The van der Waals surface area contributed by atoms with Crippen LogP contribution in [0.3, 0.4) is 0 Å². The molecule has 0 saturated carbocycles. The fourth-order valence-corrected chi connectivity index (χ4v) is 1.98. The Morgan fingerprint density at radius 1 is 1.63 bits per heavy atom. The molecule has 1 aliphatic rings. The summed E-state index contributed by atoms with van der Waals surface area (Å²) in [6.45, 7) is 2.80. The van der Waals surface area contributed by atoms with E-state index in [-0.39, 0.29) is 17.5 Å². The van der Waals surface area contributed by atoms with Crippen LogP contribution in [0, 0.1) is 15.9 Å². The second-order valence-corrected chi connectivity index (χ2v) is 4.56. The van der Waals surface area contributed by atoms with Crippen LogP contribution < -0.4 is 5.32 Å². The van der Waals surface area contributed by atoms with Gasteiger partial charge in [0, 0.05) is 25.7 Å². The van der Waals surface area contributed by atoms with Crippen LogP contribution >= 0.6 is 0 Å². The molecule has 2 rings (SSSR count). The van der Waals surface area contributed by atoms with Crippen molar-refractivity contribution in [2.75, 3.05) is 38.6 Å². The molecule has 0 aliphatic carbocycles. The van der Waals surface area contributed by atoms with E-state index in [1.165, 1.54) is 12.1 Å². The zero-order valence-electron chi connectivity index (χ0n) is 10.6. The molecule has 1 aliphatic heterocycles. The van der Waals surface area contributed by atoms with Gasteiger partial charge in [0.1, 0.15) is 0 Å². The highest BCUT2D eigenvalue weighted by atomic mass is 19.1. The Hall–Kier alpha value is -1.73. The van der Waals surface area contributed by atoms with Crippen LogP contribution in [0.15, 0.2) is 18.2 Å². The Labute approximate surface area is 110 Å². The van der Waals surface area contributed by atoms with Crippen LogP contribution in [-0.2, 0) is 4.74 Å². The molecule has 1 atom stereocenters. The van der Waals surface area contributed by atoms with Crippen molar-refractivity contribution in [2.24, 2.45) is 0 Å². The molecule has 0 amide bonds. The first kappa shape index (κ1) is 13.7. The molecule has 0 aromatic heterocycles. The molecule has 1 heterocycles. The van der Waals surface area contributed by atoms with E-state index in [2.05, 4.69) is 10.2 Å². The lowest BCUT2D eigenvalue weighted by Crippen LogP contribution is -2.43. The molecule has 1 aromatic rings. The van der Waals surface area contributed by atoms with Gasteiger partial charge in [-0.15, -0.1) is 0 Å². The van der Waals surface area contributed by atoms with Crippen molar-refractivity contribution < 1.29 is 14.1 Å². The summed E-state index contributed by atoms with van der Waals surface area (Å²) in [5.41, 5.74) is -0.000809. The minimum atomic E-state index is -0.627. The lowest BCUT2D eigenvalue weighted by Gasteiger charge is -2.30. The average molecular weight is 269 g/mol. The first-order chi connectivity index (χ1) is 9.06. The van der Waals surface area contributed by atoms with Gasteiger partial charge in [0.15, 0.2) is 5.82 Å². The standard InChI is InChI=1S/C12H16FN3O3/c1-15-4-5-19-10(8-15)7-14-12-3-2-9(16(17)18)6-11(12)13/h2-3,6,10,14H,4-5,7-8H2,1H3/t10-/m1/s1. The maximum atomic E-state index is 13.6. The summed E-state index contributed by atoms with van der Waals surface area (Å²) in [6, 6.07) is 3.56. The summed E-state index contributed by atoms with van der Waals surface area (Å²) in [6.07, 6.45) is -0.00616. The summed E-state index contributed by atoms with van der Waals surface area (Å²) in [7, 11) is 2.00. The van der Waals surface area contributed by atoms with Gasteiger partial charge < -0.3 is 15.0 Å². The summed E-state index contributed by atoms with van der Waals surface area (Å²) < 4.78 is 19.2. The van der Waals surface area contributed by atoms with Gasteiger partial charge in [-0.1, -0.05) is 0 Å². The number of hydrogen-bond donors (Lipinski definition) is 1. The van der Waals surface area contributed by atoms with Crippen molar-refractivity contribution in [3.8, 4) is 0 Å². The molecule has 1 N–H and O–H groups in total. The third-order valence-electron chi connectivity index (χ3n) is 3.03.